The molecule has 1 aliphatic rings. The Labute approximate surface area is 110 Å². The monoisotopic (exact) mass is 247 g/mol. The summed E-state index contributed by atoms with van der Waals surface area (Å²) in [5.41, 5.74) is 3.97. The van der Waals surface area contributed by atoms with Gasteiger partial charge in [-0.1, -0.05) is 48.6 Å². The maximum absolute atomic E-state index is 11.9. The molecule has 0 saturated carbocycles. The SMILES string of the molecule is C=C(C)[C@@]1(C(=O)NO)C=C(c2ccccc2)CC1.[HH].[HH]. The molecule has 3 heteroatoms. The summed E-state index contributed by atoms with van der Waals surface area (Å²) in [5.74, 6) is -0.402. The second kappa shape index (κ2) is 4.78. The topological polar surface area (TPSA) is 49.3 Å². The zero-order valence-corrected chi connectivity index (χ0v) is 10.4. The van der Waals surface area contributed by atoms with E-state index in [1.54, 1.807) is 5.48 Å². The van der Waals surface area contributed by atoms with Crippen LogP contribution in [-0.4, -0.2) is 11.1 Å². The van der Waals surface area contributed by atoms with Gasteiger partial charge in [-0.25, -0.2) is 5.48 Å². The van der Waals surface area contributed by atoms with E-state index in [0.29, 0.717) is 6.42 Å². The molecule has 0 radical (unpaired) electrons. The third-order valence-electron chi connectivity index (χ3n) is 3.62. The fourth-order valence-corrected chi connectivity index (χ4v) is 2.46. The molecule has 3 nitrogen and oxygen atoms in total. The minimum Gasteiger partial charge on any atom is -0.289 e. The van der Waals surface area contributed by atoms with Crippen LogP contribution >= 0.6 is 0 Å². The van der Waals surface area contributed by atoms with Crippen LogP contribution in [-0.2, 0) is 4.79 Å². The first-order valence-corrected chi connectivity index (χ1v) is 5.98. The molecule has 1 atom stereocenters. The van der Waals surface area contributed by atoms with Crippen LogP contribution in [0.5, 0.6) is 0 Å². The van der Waals surface area contributed by atoms with E-state index in [4.69, 9.17) is 5.21 Å². The Morgan fingerprint density at radius 2 is 2.11 bits per heavy atom. The fraction of sp³-hybridized carbons (Fsp3) is 0.267. The molecule has 0 saturated heterocycles. The van der Waals surface area contributed by atoms with Crippen LogP contribution in [0.4, 0.5) is 0 Å². The largest absolute Gasteiger partial charge is 0.289 e. The summed E-state index contributed by atoms with van der Waals surface area (Å²) in [6.45, 7) is 5.71. The van der Waals surface area contributed by atoms with E-state index >= 15 is 0 Å². The Balaban J connectivity index is 0.00000180. The molecule has 0 spiro atoms. The Hall–Kier alpha value is -1.87. The molecule has 1 aromatic rings. The Kier molecular flexibility index (Phi) is 3.34. The normalized spacial score (nSPS) is 22.4. The molecule has 98 valence electrons. The van der Waals surface area contributed by atoms with E-state index in [-0.39, 0.29) is 2.85 Å². The third kappa shape index (κ3) is 1.97. The maximum Gasteiger partial charge on any atom is 0.257 e. The van der Waals surface area contributed by atoms with E-state index in [9.17, 15) is 4.79 Å². The maximum atomic E-state index is 11.9. The van der Waals surface area contributed by atoms with Crippen molar-refractivity contribution in [2.75, 3.05) is 0 Å². The number of benzene rings is 1. The van der Waals surface area contributed by atoms with Crippen LogP contribution in [0.25, 0.3) is 5.57 Å². The highest BCUT2D eigenvalue weighted by Crippen LogP contribution is 2.44. The van der Waals surface area contributed by atoms with Crippen molar-refractivity contribution in [3.8, 4) is 0 Å². The standard InChI is InChI=1S/C15H17NO2.2H2/c1-11(2)15(14(17)16-18)9-8-13(10-15)12-6-4-3-5-7-12;;/h3-7,10,18H,1,8-9H2,2H3,(H,16,17);2*1H/t15-;;/m0../s1. The highest BCUT2D eigenvalue weighted by Gasteiger charge is 2.41. The van der Waals surface area contributed by atoms with Crippen LogP contribution in [0.2, 0.25) is 0 Å². The first-order valence-electron chi connectivity index (χ1n) is 5.98. The lowest BCUT2D eigenvalue weighted by molar-refractivity contribution is -0.135. The van der Waals surface area contributed by atoms with Crippen molar-refractivity contribution in [3.05, 3.63) is 54.1 Å². The number of allylic oxidation sites excluding steroid dienone is 1. The molecule has 1 amide bonds. The van der Waals surface area contributed by atoms with Gasteiger partial charge in [0.15, 0.2) is 0 Å². The molecule has 0 fully saturated rings. The van der Waals surface area contributed by atoms with Crippen LogP contribution in [0.1, 0.15) is 28.2 Å². The van der Waals surface area contributed by atoms with E-state index in [1.165, 1.54) is 0 Å². The van der Waals surface area contributed by atoms with Gasteiger partial charge in [-0.05, 0) is 30.9 Å². The predicted octanol–water partition coefficient (Wildman–Crippen LogP) is 3.42. The van der Waals surface area contributed by atoms with Crippen molar-refractivity contribution < 1.29 is 12.9 Å². The van der Waals surface area contributed by atoms with Gasteiger partial charge in [-0.2, -0.15) is 0 Å². The molecule has 0 aliphatic heterocycles. The summed E-state index contributed by atoms with van der Waals surface area (Å²) in [7, 11) is 0. The summed E-state index contributed by atoms with van der Waals surface area (Å²) < 4.78 is 0. The third-order valence-corrected chi connectivity index (χ3v) is 3.62. The minimum absolute atomic E-state index is 0. The molecule has 18 heavy (non-hydrogen) atoms. The van der Waals surface area contributed by atoms with Gasteiger partial charge < -0.3 is 0 Å². The average Bonchev–Trinajstić information content (AvgIpc) is 2.85. The van der Waals surface area contributed by atoms with Crippen LogP contribution in [0, 0.1) is 5.41 Å². The number of rotatable bonds is 3. The van der Waals surface area contributed by atoms with Gasteiger partial charge in [-0.3, -0.25) is 10.0 Å². The molecule has 0 unspecified atom stereocenters. The van der Waals surface area contributed by atoms with E-state index < -0.39 is 11.3 Å². The molecule has 2 rings (SSSR count). The van der Waals surface area contributed by atoms with Gasteiger partial charge in [0.1, 0.15) is 0 Å². The fourth-order valence-electron chi connectivity index (χ4n) is 2.46. The number of amides is 1. The van der Waals surface area contributed by atoms with Crippen molar-refractivity contribution in [2.24, 2.45) is 5.41 Å². The molecule has 0 aromatic heterocycles. The molecule has 0 heterocycles. The summed E-state index contributed by atoms with van der Waals surface area (Å²) in [6.07, 6.45) is 3.39. The second-order valence-corrected chi connectivity index (χ2v) is 4.73. The quantitative estimate of drug-likeness (QED) is 0.488. The smallest absolute Gasteiger partial charge is 0.257 e. The number of hydrogen-bond donors (Lipinski definition) is 2. The lowest BCUT2D eigenvalue weighted by atomic mass is 9.80. The van der Waals surface area contributed by atoms with Crippen molar-refractivity contribution in [3.63, 3.8) is 0 Å². The summed E-state index contributed by atoms with van der Waals surface area (Å²) in [4.78, 5) is 11.9. The van der Waals surface area contributed by atoms with Gasteiger partial charge in [0.25, 0.3) is 5.91 Å². The Bertz CT molecular complexity index is 514. The molecule has 2 N–H and O–H groups in total. The highest BCUT2D eigenvalue weighted by molar-refractivity contribution is 5.91. The van der Waals surface area contributed by atoms with Crippen molar-refractivity contribution in [2.45, 2.75) is 19.8 Å². The highest BCUT2D eigenvalue weighted by atomic mass is 16.5. The summed E-state index contributed by atoms with van der Waals surface area (Å²) >= 11 is 0. The van der Waals surface area contributed by atoms with Crippen molar-refractivity contribution in [1.82, 2.24) is 5.48 Å². The van der Waals surface area contributed by atoms with E-state index in [2.05, 4.69) is 6.58 Å². The summed E-state index contributed by atoms with van der Waals surface area (Å²) in [6, 6.07) is 9.96. The minimum atomic E-state index is -0.778. The molecule has 1 aromatic carbocycles. The lowest BCUT2D eigenvalue weighted by Gasteiger charge is -2.24. The number of nitrogens with one attached hydrogen (secondary N) is 1. The van der Waals surface area contributed by atoms with E-state index in [1.807, 2.05) is 43.3 Å². The Morgan fingerprint density at radius 1 is 1.44 bits per heavy atom. The number of hydrogen-bond acceptors (Lipinski definition) is 2. The number of carbonyl (C=O) groups excluding carboxylic acids is 1. The Morgan fingerprint density at radius 3 is 2.67 bits per heavy atom. The van der Waals surface area contributed by atoms with Crippen molar-refractivity contribution in [1.29, 1.82) is 0 Å². The van der Waals surface area contributed by atoms with Gasteiger partial charge in [-0.15, -0.1) is 0 Å². The van der Waals surface area contributed by atoms with Gasteiger partial charge in [0.2, 0.25) is 0 Å². The van der Waals surface area contributed by atoms with Crippen LogP contribution < -0.4 is 5.48 Å². The van der Waals surface area contributed by atoms with Gasteiger partial charge >= 0.3 is 0 Å². The van der Waals surface area contributed by atoms with Crippen LogP contribution in [0.3, 0.4) is 0 Å². The van der Waals surface area contributed by atoms with Gasteiger partial charge in [0, 0.05) is 2.85 Å². The van der Waals surface area contributed by atoms with E-state index in [0.717, 1.165) is 23.1 Å². The molecule has 1 aliphatic carbocycles. The second-order valence-electron chi connectivity index (χ2n) is 4.73. The predicted molar refractivity (Wildman–Crippen MR) is 75.1 cm³/mol. The molecular weight excluding hydrogens is 226 g/mol. The first kappa shape index (κ1) is 12.6. The van der Waals surface area contributed by atoms with Crippen LogP contribution in [0.15, 0.2) is 48.6 Å². The molecular formula is C15H21NO2. The van der Waals surface area contributed by atoms with Crippen molar-refractivity contribution >= 4 is 11.5 Å². The van der Waals surface area contributed by atoms with Gasteiger partial charge in [0.05, 0.1) is 5.41 Å². The zero-order chi connectivity index (χ0) is 13.2. The number of carbonyl (C=O) groups is 1. The first-order chi connectivity index (χ1) is 8.60. The lowest BCUT2D eigenvalue weighted by Crippen LogP contribution is -2.37. The average molecular weight is 247 g/mol. The molecule has 0 bridgehead atoms. The zero-order valence-electron chi connectivity index (χ0n) is 10.4. The number of hydroxylamine groups is 1. The summed E-state index contributed by atoms with van der Waals surface area (Å²) in [5, 5.41) is 8.90.